The summed E-state index contributed by atoms with van der Waals surface area (Å²) in [6, 6.07) is 1.81. The van der Waals surface area contributed by atoms with Crippen molar-refractivity contribution in [2.24, 2.45) is 0 Å². The first-order valence-corrected chi connectivity index (χ1v) is 7.27. The van der Waals surface area contributed by atoms with Gasteiger partial charge in [-0.1, -0.05) is 0 Å². The Morgan fingerprint density at radius 2 is 2.15 bits per heavy atom. The molecule has 20 heavy (non-hydrogen) atoms. The molecule has 6 heteroatoms. The van der Waals surface area contributed by atoms with Crippen LogP contribution in [0.15, 0.2) is 6.07 Å². The molecule has 0 unspecified atom stereocenters. The summed E-state index contributed by atoms with van der Waals surface area (Å²) in [6.45, 7) is 4.26. The fraction of sp³-hybridized carbons (Fsp3) is 0.714. The summed E-state index contributed by atoms with van der Waals surface area (Å²) in [7, 11) is 0. The van der Waals surface area contributed by atoms with Gasteiger partial charge < -0.3 is 20.5 Å². The Kier molecular flexibility index (Phi) is 3.52. The quantitative estimate of drug-likeness (QED) is 0.793. The van der Waals surface area contributed by atoms with Crippen LogP contribution in [-0.2, 0) is 4.74 Å². The van der Waals surface area contributed by atoms with Crippen molar-refractivity contribution in [2.45, 2.75) is 44.3 Å². The van der Waals surface area contributed by atoms with Gasteiger partial charge in [-0.05, 0) is 32.6 Å². The molecule has 2 saturated heterocycles. The number of aromatic nitrogens is 2. The van der Waals surface area contributed by atoms with Crippen LogP contribution in [0.3, 0.4) is 0 Å². The van der Waals surface area contributed by atoms with E-state index in [0.717, 1.165) is 51.2 Å². The van der Waals surface area contributed by atoms with E-state index in [1.165, 1.54) is 0 Å². The Balaban J connectivity index is 1.71. The largest absolute Gasteiger partial charge is 0.390 e. The van der Waals surface area contributed by atoms with Crippen LogP contribution in [0.4, 0.5) is 11.6 Å². The number of aryl methyl sites for hydroxylation is 1. The van der Waals surface area contributed by atoms with Crippen LogP contribution >= 0.6 is 0 Å². The highest BCUT2D eigenvalue weighted by molar-refractivity contribution is 5.47. The lowest BCUT2D eigenvalue weighted by Crippen LogP contribution is -2.55. The number of nitrogen functional groups attached to an aromatic ring is 1. The Morgan fingerprint density at radius 1 is 1.40 bits per heavy atom. The van der Waals surface area contributed by atoms with Crippen molar-refractivity contribution >= 4 is 11.6 Å². The summed E-state index contributed by atoms with van der Waals surface area (Å²) in [4.78, 5) is 10.7. The Labute approximate surface area is 119 Å². The van der Waals surface area contributed by atoms with Crippen molar-refractivity contribution in [1.82, 2.24) is 9.97 Å². The normalized spacial score (nSPS) is 25.9. The van der Waals surface area contributed by atoms with E-state index >= 15 is 0 Å². The number of rotatable bonds is 1. The van der Waals surface area contributed by atoms with Crippen molar-refractivity contribution < 1.29 is 9.84 Å². The van der Waals surface area contributed by atoms with E-state index in [4.69, 9.17) is 10.5 Å². The number of piperidine rings is 1. The smallest absolute Gasteiger partial charge is 0.134 e. The van der Waals surface area contributed by atoms with Crippen molar-refractivity contribution in [3.63, 3.8) is 0 Å². The Hall–Kier alpha value is -1.40. The van der Waals surface area contributed by atoms with Gasteiger partial charge in [-0.25, -0.2) is 9.97 Å². The van der Waals surface area contributed by atoms with Gasteiger partial charge >= 0.3 is 0 Å². The van der Waals surface area contributed by atoms with Crippen LogP contribution in [0.5, 0.6) is 0 Å². The van der Waals surface area contributed by atoms with Crippen LogP contribution in [0.1, 0.15) is 31.5 Å². The van der Waals surface area contributed by atoms with Crippen molar-refractivity contribution in [3.05, 3.63) is 11.9 Å². The minimum Gasteiger partial charge on any atom is -0.390 e. The molecule has 0 bridgehead atoms. The van der Waals surface area contributed by atoms with Gasteiger partial charge in [0.1, 0.15) is 17.5 Å². The highest BCUT2D eigenvalue weighted by Gasteiger charge is 2.43. The van der Waals surface area contributed by atoms with E-state index < -0.39 is 0 Å². The second-order valence-corrected chi connectivity index (χ2v) is 5.76. The predicted octanol–water partition coefficient (Wildman–Crippen LogP) is 0.878. The lowest BCUT2D eigenvalue weighted by atomic mass is 9.82. The molecule has 6 nitrogen and oxygen atoms in total. The van der Waals surface area contributed by atoms with Gasteiger partial charge in [0.05, 0.1) is 11.7 Å². The van der Waals surface area contributed by atoms with Crippen LogP contribution in [0, 0.1) is 6.92 Å². The van der Waals surface area contributed by atoms with Crippen LogP contribution in [0.2, 0.25) is 0 Å². The molecule has 0 saturated carbocycles. The summed E-state index contributed by atoms with van der Waals surface area (Å²) in [6.07, 6.45) is 3.12. The van der Waals surface area contributed by atoms with Crippen molar-refractivity contribution in [1.29, 1.82) is 0 Å². The molecular weight excluding hydrogens is 256 g/mol. The lowest BCUT2D eigenvalue weighted by Gasteiger charge is -2.47. The third kappa shape index (κ3) is 2.45. The lowest BCUT2D eigenvalue weighted by molar-refractivity contribution is -0.164. The summed E-state index contributed by atoms with van der Waals surface area (Å²) in [5.41, 5.74) is 5.44. The average Bonchev–Trinajstić information content (AvgIpc) is 2.42. The van der Waals surface area contributed by atoms with Gasteiger partial charge in [-0.3, -0.25) is 0 Å². The second-order valence-electron chi connectivity index (χ2n) is 5.76. The van der Waals surface area contributed by atoms with E-state index in [1.54, 1.807) is 0 Å². The second kappa shape index (κ2) is 5.18. The molecule has 0 radical (unpaired) electrons. The monoisotopic (exact) mass is 278 g/mol. The fourth-order valence-electron chi connectivity index (χ4n) is 3.24. The van der Waals surface area contributed by atoms with Crippen LogP contribution in [0.25, 0.3) is 0 Å². The number of nitrogens with zero attached hydrogens (tertiary/aromatic N) is 3. The topological polar surface area (TPSA) is 84.5 Å². The maximum atomic E-state index is 10.2. The molecule has 1 atom stereocenters. The highest BCUT2D eigenvalue weighted by atomic mass is 16.5. The van der Waals surface area contributed by atoms with Gasteiger partial charge in [-0.15, -0.1) is 0 Å². The molecule has 2 fully saturated rings. The number of hydrogen-bond acceptors (Lipinski definition) is 6. The third-order valence-corrected chi connectivity index (χ3v) is 4.40. The molecule has 0 amide bonds. The van der Waals surface area contributed by atoms with Crippen LogP contribution in [-0.4, -0.2) is 46.5 Å². The standard InChI is InChI=1S/C14H22N4O2/c1-10-16-12(15)9-13(17-10)18-6-4-14(5-7-18)11(19)3-2-8-20-14/h9,11,19H,2-8H2,1H3,(H2,15,16,17)/t11-/m1/s1. The van der Waals surface area contributed by atoms with Crippen molar-refractivity contribution in [2.75, 3.05) is 30.3 Å². The van der Waals surface area contributed by atoms with Gasteiger partial charge in [0.2, 0.25) is 0 Å². The number of anilines is 2. The first kappa shape index (κ1) is 13.6. The minimum atomic E-state index is -0.345. The number of aliphatic hydroxyl groups excluding tert-OH is 1. The maximum Gasteiger partial charge on any atom is 0.134 e. The Morgan fingerprint density at radius 3 is 2.80 bits per heavy atom. The van der Waals surface area contributed by atoms with Gasteiger partial charge in [0.25, 0.3) is 0 Å². The van der Waals surface area contributed by atoms with Gasteiger partial charge in [0.15, 0.2) is 0 Å². The predicted molar refractivity (Wildman–Crippen MR) is 76.6 cm³/mol. The zero-order valence-electron chi connectivity index (χ0n) is 11.9. The summed E-state index contributed by atoms with van der Waals surface area (Å²) < 4.78 is 5.92. The molecule has 3 N–H and O–H groups in total. The number of ether oxygens (including phenoxy) is 1. The van der Waals surface area contributed by atoms with Gasteiger partial charge in [-0.2, -0.15) is 0 Å². The van der Waals surface area contributed by atoms with E-state index in [0.29, 0.717) is 11.6 Å². The molecular formula is C14H22N4O2. The fourth-order valence-corrected chi connectivity index (χ4v) is 3.24. The summed E-state index contributed by atoms with van der Waals surface area (Å²) >= 11 is 0. The molecule has 110 valence electrons. The zero-order chi connectivity index (χ0) is 14.2. The number of aliphatic hydroxyl groups is 1. The maximum absolute atomic E-state index is 10.2. The average molecular weight is 278 g/mol. The third-order valence-electron chi connectivity index (χ3n) is 4.40. The number of nitrogens with two attached hydrogens (primary N) is 1. The Bertz CT molecular complexity index is 466. The molecule has 2 aliphatic rings. The van der Waals surface area contributed by atoms with E-state index in [9.17, 15) is 5.11 Å². The summed E-state index contributed by atoms with van der Waals surface area (Å²) in [5, 5.41) is 10.2. The molecule has 1 spiro atoms. The first-order valence-electron chi connectivity index (χ1n) is 7.27. The van der Waals surface area contributed by atoms with E-state index in [2.05, 4.69) is 14.9 Å². The van der Waals surface area contributed by atoms with Crippen molar-refractivity contribution in [3.8, 4) is 0 Å². The molecule has 2 aliphatic heterocycles. The minimum absolute atomic E-state index is 0.337. The first-order chi connectivity index (χ1) is 9.59. The molecule has 3 heterocycles. The molecule has 0 aromatic carbocycles. The number of hydrogen-bond donors (Lipinski definition) is 2. The molecule has 1 aromatic heterocycles. The van der Waals surface area contributed by atoms with E-state index in [-0.39, 0.29) is 11.7 Å². The van der Waals surface area contributed by atoms with E-state index in [1.807, 2.05) is 13.0 Å². The highest BCUT2D eigenvalue weighted by Crippen LogP contribution is 2.36. The SMILES string of the molecule is Cc1nc(N)cc(N2CCC3(CC2)OCCC[C@H]3O)n1. The summed E-state index contributed by atoms with van der Waals surface area (Å²) in [5.74, 6) is 2.06. The molecule has 0 aliphatic carbocycles. The van der Waals surface area contributed by atoms with Gasteiger partial charge in [0, 0.05) is 25.8 Å². The molecule has 1 aromatic rings. The zero-order valence-corrected chi connectivity index (χ0v) is 11.9. The molecule has 3 rings (SSSR count). The van der Waals surface area contributed by atoms with Crippen LogP contribution < -0.4 is 10.6 Å².